The standard InChI is InChI=1S/C22H25NO5/c1-3-5-16-8-10-17(11-9-16)20(24)12-13-22(26)28-15-21(25)23-18-6-4-7-19(14-18)27-2/h4,6-11,14H,3,5,12-13,15H2,1-2H3,(H,23,25). The molecule has 0 atom stereocenters. The number of carbonyl (C=O) groups excluding carboxylic acids is 3. The van der Waals surface area contributed by atoms with Gasteiger partial charge in [0, 0.05) is 23.7 Å². The first-order valence-electron chi connectivity index (χ1n) is 9.23. The number of benzene rings is 2. The van der Waals surface area contributed by atoms with Gasteiger partial charge in [-0.05, 0) is 24.1 Å². The molecule has 148 valence electrons. The molecule has 0 aliphatic heterocycles. The molecule has 0 fully saturated rings. The maximum atomic E-state index is 12.2. The van der Waals surface area contributed by atoms with Crippen molar-refractivity contribution in [2.45, 2.75) is 32.6 Å². The Kier molecular flexibility index (Phi) is 8.21. The van der Waals surface area contributed by atoms with Crippen LogP contribution < -0.4 is 10.1 Å². The van der Waals surface area contributed by atoms with Crippen molar-refractivity contribution in [3.8, 4) is 5.75 Å². The summed E-state index contributed by atoms with van der Waals surface area (Å²) in [5.41, 5.74) is 2.30. The van der Waals surface area contributed by atoms with Crippen molar-refractivity contribution in [1.82, 2.24) is 0 Å². The molecule has 0 unspecified atom stereocenters. The summed E-state index contributed by atoms with van der Waals surface area (Å²) in [6, 6.07) is 14.3. The molecule has 1 amide bonds. The van der Waals surface area contributed by atoms with Gasteiger partial charge in [0.1, 0.15) is 5.75 Å². The Labute approximate surface area is 164 Å². The molecule has 0 saturated heterocycles. The molecule has 1 N–H and O–H groups in total. The second-order valence-corrected chi connectivity index (χ2v) is 6.31. The predicted molar refractivity (Wildman–Crippen MR) is 107 cm³/mol. The highest BCUT2D eigenvalue weighted by Crippen LogP contribution is 2.16. The van der Waals surface area contributed by atoms with Crippen LogP contribution >= 0.6 is 0 Å². The van der Waals surface area contributed by atoms with Crippen LogP contribution in [0.2, 0.25) is 0 Å². The fourth-order valence-corrected chi connectivity index (χ4v) is 2.62. The van der Waals surface area contributed by atoms with Gasteiger partial charge in [-0.2, -0.15) is 0 Å². The van der Waals surface area contributed by atoms with Gasteiger partial charge in [-0.15, -0.1) is 0 Å². The summed E-state index contributed by atoms with van der Waals surface area (Å²) in [6.45, 7) is 1.69. The fraction of sp³-hybridized carbons (Fsp3) is 0.318. The van der Waals surface area contributed by atoms with Crippen LogP contribution in [0, 0.1) is 0 Å². The topological polar surface area (TPSA) is 81.7 Å². The second kappa shape index (κ2) is 10.9. The third kappa shape index (κ3) is 6.87. The van der Waals surface area contributed by atoms with Gasteiger partial charge in [-0.3, -0.25) is 14.4 Å². The number of nitrogens with one attached hydrogen (secondary N) is 1. The van der Waals surface area contributed by atoms with Crippen LogP contribution in [-0.4, -0.2) is 31.4 Å². The van der Waals surface area contributed by atoms with E-state index in [2.05, 4.69) is 12.2 Å². The van der Waals surface area contributed by atoms with E-state index in [-0.39, 0.29) is 18.6 Å². The summed E-state index contributed by atoms with van der Waals surface area (Å²) < 4.78 is 10.0. The summed E-state index contributed by atoms with van der Waals surface area (Å²) in [7, 11) is 1.53. The minimum atomic E-state index is -0.586. The minimum Gasteiger partial charge on any atom is -0.497 e. The molecule has 0 heterocycles. The van der Waals surface area contributed by atoms with Gasteiger partial charge in [0.2, 0.25) is 0 Å². The number of ketones is 1. The van der Waals surface area contributed by atoms with Crippen molar-refractivity contribution < 1.29 is 23.9 Å². The first-order chi connectivity index (χ1) is 13.5. The minimum absolute atomic E-state index is 0.0451. The molecule has 6 heteroatoms. The fourth-order valence-electron chi connectivity index (χ4n) is 2.62. The average Bonchev–Trinajstić information content (AvgIpc) is 2.71. The maximum Gasteiger partial charge on any atom is 0.306 e. The van der Waals surface area contributed by atoms with Crippen LogP contribution in [-0.2, 0) is 20.7 Å². The molecule has 28 heavy (non-hydrogen) atoms. The lowest BCUT2D eigenvalue weighted by atomic mass is 10.0. The number of rotatable bonds is 10. The molecule has 2 aromatic rings. The van der Waals surface area contributed by atoms with Crippen molar-refractivity contribution in [3.63, 3.8) is 0 Å². The molecular weight excluding hydrogens is 358 g/mol. The molecule has 2 rings (SSSR count). The molecule has 0 aliphatic rings. The predicted octanol–water partition coefficient (Wildman–Crippen LogP) is 3.79. The molecule has 0 aliphatic carbocycles. The van der Waals surface area contributed by atoms with Gasteiger partial charge in [0.15, 0.2) is 12.4 Å². The molecule has 0 aromatic heterocycles. The highest BCUT2D eigenvalue weighted by molar-refractivity contribution is 5.98. The number of hydrogen-bond donors (Lipinski definition) is 1. The Morgan fingerprint density at radius 2 is 1.75 bits per heavy atom. The van der Waals surface area contributed by atoms with Crippen molar-refractivity contribution in [2.75, 3.05) is 19.0 Å². The second-order valence-electron chi connectivity index (χ2n) is 6.31. The number of carbonyl (C=O) groups is 3. The number of hydrogen-bond acceptors (Lipinski definition) is 5. The van der Waals surface area contributed by atoms with Crippen LogP contribution in [0.5, 0.6) is 5.75 Å². The third-order valence-electron chi connectivity index (χ3n) is 4.09. The number of esters is 1. The van der Waals surface area contributed by atoms with Crippen LogP contribution in [0.3, 0.4) is 0 Å². The average molecular weight is 383 g/mol. The summed E-state index contributed by atoms with van der Waals surface area (Å²) >= 11 is 0. The van der Waals surface area contributed by atoms with Gasteiger partial charge < -0.3 is 14.8 Å². The Balaban J connectivity index is 1.72. The molecule has 0 spiro atoms. The summed E-state index contributed by atoms with van der Waals surface area (Å²) in [5, 5.41) is 2.62. The normalized spacial score (nSPS) is 10.2. The largest absolute Gasteiger partial charge is 0.497 e. The first-order valence-corrected chi connectivity index (χ1v) is 9.23. The summed E-state index contributed by atoms with van der Waals surface area (Å²) in [4.78, 5) is 35.8. The van der Waals surface area contributed by atoms with E-state index in [1.807, 2.05) is 12.1 Å². The van der Waals surface area contributed by atoms with E-state index in [0.717, 1.165) is 12.8 Å². The van der Waals surface area contributed by atoms with Crippen LogP contribution in [0.25, 0.3) is 0 Å². The lowest BCUT2D eigenvalue weighted by molar-refractivity contribution is -0.147. The highest BCUT2D eigenvalue weighted by Gasteiger charge is 2.12. The van der Waals surface area contributed by atoms with Crippen LogP contribution in [0.15, 0.2) is 48.5 Å². The summed E-state index contributed by atoms with van der Waals surface area (Å²) in [6.07, 6.45) is 1.99. The number of Topliss-reactive ketones (excluding diaryl/α,β-unsaturated/α-hetero) is 1. The zero-order chi connectivity index (χ0) is 20.4. The number of amides is 1. The molecule has 2 aromatic carbocycles. The zero-order valence-electron chi connectivity index (χ0n) is 16.2. The molecule has 0 saturated carbocycles. The molecule has 6 nitrogen and oxygen atoms in total. The van der Waals surface area contributed by atoms with Crippen molar-refractivity contribution in [2.24, 2.45) is 0 Å². The lowest BCUT2D eigenvalue weighted by Gasteiger charge is -2.08. The lowest BCUT2D eigenvalue weighted by Crippen LogP contribution is -2.21. The van der Waals surface area contributed by atoms with Crippen molar-refractivity contribution >= 4 is 23.3 Å². The SMILES string of the molecule is CCCc1ccc(C(=O)CCC(=O)OCC(=O)Nc2cccc(OC)c2)cc1. The van der Waals surface area contributed by atoms with Gasteiger partial charge >= 0.3 is 5.97 Å². The Morgan fingerprint density at radius 1 is 1.00 bits per heavy atom. The Morgan fingerprint density at radius 3 is 2.43 bits per heavy atom. The quantitative estimate of drug-likeness (QED) is 0.499. The van der Waals surface area contributed by atoms with Gasteiger partial charge in [-0.1, -0.05) is 43.7 Å². The molecule has 0 bridgehead atoms. The van der Waals surface area contributed by atoms with Crippen molar-refractivity contribution in [3.05, 3.63) is 59.7 Å². The van der Waals surface area contributed by atoms with E-state index in [4.69, 9.17) is 9.47 Å². The van der Waals surface area contributed by atoms with Gasteiger partial charge in [0.25, 0.3) is 5.91 Å². The Hall–Kier alpha value is -3.15. The van der Waals surface area contributed by atoms with E-state index >= 15 is 0 Å². The van der Waals surface area contributed by atoms with Crippen molar-refractivity contribution in [1.29, 1.82) is 0 Å². The van der Waals surface area contributed by atoms with E-state index in [0.29, 0.717) is 17.0 Å². The van der Waals surface area contributed by atoms with E-state index < -0.39 is 18.5 Å². The van der Waals surface area contributed by atoms with Crippen LogP contribution in [0.1, 0.15) is 42.1 Å². The maximum absolute atomic E-state index is 12.2. The smallest absolute Gasteiger partial charge is 0.306 e. The number of anilines is 1. The first kappa shape index (κ1) is 21.2. The molecule has 0 radical (unpaired) electrons. The van der Waals surface area contributed by atoms with Crippen LogP contribution in [0.4, 0.5) is 5.69 Å². The zero-order valence-corrected chi connectivity index (χ0v) is 16.2. The number of methoxy groups -OCH3 is 1. The monoisotopic (exact) mass is 383 g/mol. The number of ether oxygens (including phenoxy) is 2. The third-order valence-corrected chi connectivity index (χ3v) is 4.09. The van der Waals surface area contributed by atoms with Gasteiger partial charge in [0.05, 0.1) is 13.5 Å². The number of aryl methyl sites for hydroxylation is 1. The molecular formula is C22H25NO5. The Bertz CT molecular complexity index is 814. The van der Waals surface area contributed by atoms with E-state index in [9.17, 15) is 14.4 Å². The van der Waals surface area contributed by atoms with E-state index in [1.54, 1.807) is 36.4 Å². The van der Waals surface area contributed by atoms with Gasteiger partial charge in [-0.25, -0.2) is 0 Å². The summed E-state index contributed by atoms with van der Waals surface area (Å²) in [5.74, 6) is -0.562. The van der Waals surface area contributed by atoms with E-state index in [1.165, 1.54) is 12.7 Å². The highest BCUT2D eigenvalue weighted by atomic mass is 16.5.